The Morgan fingerprint density at radius 3 is 2.70 bits per heavy atom. The van der Waals surface area contributed by atoms with E-state index in [9.17, 15) is 9.59 Å². The number of para-hydroxylation sites is 1. The monoisotopic (exact) mass is 399 g/mol. The van der Waals surface area contributed by atoms with E-state index in [-0.39, 0.29) is 17.2 Å². The molecule has 0 radical (unpaired) electrons. The first-order valence-electron chi connectivity index (χ1n) is 8.27. The number of fused-ring (bicyclic) bond motifs is 3. The summed E-state index contributed by atoms with van der Waals surface area (Å²) in [5.41, 5.74) is 3.56. The predicted molar refractivity (Wildman–Crippen MR) is 109 cm³/mol. The Hall–Kier alpha value is -2.65. The molecule has 3 heterocycles. The number of hydrogen-bond acceptors (Lipinski definition) is 6. The number of aromatic nitrogens is 4. The molecule has 0 saturated heterocycles. The van der Waals surface area contributed by atoms with E-state index in [1.54, 1.807) is 7.05 Å². The smallest absolute Gasteiger partial charge is 0.272 e. The third kappa shape index (κ3) is 3.02. The summed E-state index contributed by atoms with van der Waals surface area (Å²) in [5.74, 6) is 0.548. The fourth-order valence-electron chi connectivity index (χ4n) is 2.98. The quantitative estimate of drug-likeness (QED) is 0.534. The number of thiophene rings is 1. The van der Waals surface area contributed by atoms with Gasteiger partial charge in [-0.3, -0.25) is 18.6 Å². The summed E-state index contributed by atoms with van der Waals surface area (Å²) in [6, 6.07) is 7.78. The second kappa shape index (κ2) is 6.82. The van der Waals surface area contributed by atoms with Crippen molar-refractivity contribution < 1.29 is 4.79 Å². The number of nitrogens with zero attached hydrogens (tertiary/aromatic N) is 4. The zero-order chi connectivity index (χ0) is 19.1. The van der Waals surface area contributed by atoms with Crippen LogP contribution < -0.4 is 10.9 Å². The van der Waals surface area contributed by atoms with Crippen LogP contribution in [-0.4, -0.2) is 30.8 Å². The minimum atomic E-state index is -0.111. The van der Waals surface area contributed by atoms with E-state index in [0.717, 1.165) is 22.3 Å². The highest BCUT2D eigenvalue weighted by molar-refractivity contribution is 7.99. The summed E-state index contributed by atoms with van der Waals surface area (Å²) >= 11 is 2.68. The number of rotatable bonds is 4. The van der Waals surface area contributed by atoms with Crippen LogP contribution in [-0.2, 0) is 11.8 Å². The fourth-order valence-corrected chi connectivity index (χ4v) is 4.57. The third-order valence-electron chi connectivity index (χ3n) is 4.38. The largest absolute Gasteiger partial charge is 0.325 e. The van der Waals surface area contributed by atoms with Crippen molar-refractivity contribution in [2.24, 2.45) is 7.05 Å². The van der Waals surface area contributed by atoms with E-state index in [0.29, 0.717) is 15.6 Å². The molecular weight excluding hydrogens is 382 g/mol. The van der Waals surface area contributed by atoms with Crippen molar-refractivity contribution in [3.8, 4) is 0 Å². The van der Waals surface area contributed by atoms with E-state index in [2.05, 4.69) is 15.5 Å². The summed E-state index contributed by atoms with van der Waals surface area (Å²) in [4.78, 5) is 24.8. The summed E-state index contributed by atoms with van der Waals surface area (Å²) < 4.78 is 3.95. The standard InChI is InChI=1S/C18H17N5O2S2/c1-10-5-4-6-11(2)14(10)19-13(24)9-27-18-21-20-17-22(3)16(25)15-12(23(17)18)7-8-26-15/h4-8H,9H2,1-3H3,(H,19,24). The molecule has 0 aliphatic heterocycles. The molecule has 3 aromatic heterocycles. The predicted octanol–water partition coefficient (Wildman–Crippen LogP) is 2.99. The molecule has 1 N–H and O–H groups in total. The van der Waals surface area contributed by atoms with Gasteiger partial charge in [0.05, 0.1) is 11.3 Å². The highest BCUT2D eigenvalue weighted by atomic mass is 32.2. The number of carbonyl (C=O) groups is 1. The van der Waals surface area contributed by atoms with Gasteiger partial charge in [-0.15, -0.1) is 21.5 Å². The van der Waals surface area contributed by atoms with Gasteiger partial charge in [0, 0.05) is 12.7 Å². The molecule has 1 amide bonds. The first kappa shape index (κ1) is 17.7. The molecule has 27 heavy (non-hydrogen) atoms. The Morgan fingerprint density at radius 1 is 1.22 bits per heavy atom. The van der Waals surface area contributed by atoms with Gasteiger partial charge in [0.1, 0.15) is 4.70 Å². The highest BCUT2D eigenvalue weighted by Gasteiger charge is 2.17. The Kier molecular flexibility index (Phi) is 4.48. The van der Waals surface area contributed by atoms with Crippen molar-refractivity contribution in [1.29, 1.82) is 0 Å². The zero-order valence-corrected chi connectivity index (χ0v) is 16.6. The average molecular weight is 400 g/mol. The minimum absolute atomic E-state index is 0.0933. The van der Waals surface area contributed by atoms with Crippen LogP contribution in [0.25, 0.3) is 16.0 Å². The average Bonchev–Trinajstić information content (AvgIpc) is 3.28. The Morgan fingerprint density at radius 2 is 1.96 bits per heavy atom. The van der Waals surface area contributed by atoms with Gasteiger partial charge in [-0.25, -0.2) is 0 Å². The van der Waals surface area contributed by atoms with Crippen LogP contribution >= 0.6 is 23.1 Å². The van der Waals surface area contributed by atoms with Crippen LogP contribution in [0.2, 0.25) is 0 Å². The van der Waals surface area contributed by atoms with Gasteiger partial charge in [0.15, 0.2) is 5.16 Å². The molecule has 4 aromatic rings. The molecule has 7 nitrogen and oxygen atoms in total. The lowest BCUT2D eigenvalue weighted by Gasteiger charge is -2.11. The van der Waals surface area contributed by atoms with Gasteiger partial charge in [-0.2, -0.15) is 0 Å². The van der Waals surface area contributed by atoms with Crippen LogP contribution in [0.4, 0.5) is 5.69 Å². The zero-order valence-electron chi connectivity index (χ0n) is 15.0. The van der Waals surface area contributed by atoms with Crippen LogP contribution in [0.1, 0.15) is 11.1 Å². The maximum Gasteiger partial charge on any atom is 0.272 e. The van der Waals surface area contributed by atoms with Gasteiger partial charge in [0.25, 0.3) is 5.56 Å². The number of aryl methyl sites for hydroxylation is 3. The van der Waals surface area contributed by atoms with Crippen molar-refractivity contribution in [2.45, 2.75) is 19.0 Å². The molecule has 9 heteroatoms. The normalized spacial score (nSPS) is 11.4. The number of hydrogen-bond donors (Lipinski definition) is 1. The van der Waals surface area contributed by atoms with Gasteiger partial charge in [0.2, 0.25) is 11.7 Å². The van der Waals surface area contributed by atoms with Crippen LogP contribution in [0, 0.1) is 13.8 Å². The molecule has 0 unspecified atom stereocenters. The second-order valence-corrected chi connectivity index (χ2v) is 8.08. The van der Waals surface area contributed by atoms with Gasteiger partial charge in [-0.1, -0.05) is 30.0 Å². The number of thioether (sulfide) groups is 1. The lowest BCUT2D eigenvalue weighted by molar-refractivity contribution is -0.113. The van der Waals surface area contributed by atoms with Crippen LogP contribution in [0.15, 0.2) is 39.6 Å². The summed E-state index contributed by atoms with van der Waals surface area (Å²) in [6.07, 6.45) is 0. The molecular formula is C18H17N5O2S2. The topological polar surface area (TPSA) is 81.3 Å². The van der Waals surface area contributed by atoms with E-state index >= 15 is 0 Å². The Bertz CT molecular complexity index is 1220. The van der Waals surface area contributed by atoms with Crippen molar-refractivity contribution in [1.82, 2.24) is 19.2 Å². The Balaban J connectivity index is 1.61. The highest BCUT2D eigenvalue weighted by Crippen LogP contribution is 2.25. The van der Waals surface area contributed by atoms with E-state index < -0.39 is 0 Å². The SMILES string of the molecule is Cc1cccc(C)c1NC(=O)CSc1nnc2n(C)c(=O)c3sccc3n12. The molecule has 1 aromatic carbocycles. The Labute approximate surface area is 163 Å². The molecule has 4 rings (SSSR count). The lowest BCUT2D eigenvalue weighted by atomic mass is 10.1. The molecule has 0 saturated carbocycles. The number of amides is 1. The fraction of sp³-hybridized carbons (Fsp3) is 0.222. The molecule has 0 aliphatic rings. The lowest BCUT2D eigenvalue weighted by Crippen LogP contribution is -2.19. The van der Waals surface area contributed by atoms with E-state index in [1.165, 1.54) is 27.7 Å². The molecule has 0 bridgehead atoms. The van der Waals surface area contributed by atoms with Gasteiger partial charge >= 0.3 is 0 Å². The van der Waals surface area contributed by atoms with Gasteiger partial charge < -0.3 is 5.32 Å². The molecule has 0 spiro atoms. The summed E-state index contributed by atoms with van der Waals surface area (Å²) in [7, 11) is 1.67. The first-order valence-corrected chi connectivity index (χ1v) is 10.1. The maximum absolute atomic E-state index is 12.4. The number of nitrogens with one attached hydrogen (secondary N) is 1. The second-order valence-electron chi connectivity index (χ2n) is 6.22. The van der Waals surface area contributed by atoms with Crippen LogP contribution in [0.3, 0.4) is 0 Å². The summed E-state index contributed by atoms with van der Waals surface area (Å²) in [5, 5.41) is 13.7. The number of anilines is 1. The van der Waals surface area contributed by atoms with Crippen molar-refractivity contribution >= 4 is 50.7 Å². The molecule has 0 atom stereocenters. The number of benzene rings is 1. The third-order valence-corrected chi connectivity index (χ3v) is 6.20. The minimum Gasteiger partial charge on any atom is -0.325 e. The van der Waals surface area contributed by atoms with Crippen molar-refractivity contribution in [3.05, 3.63) is 51.1 Å². The molecule has 138 valence electrons. The number of carbonyl (C=O) groups excluding carboxylic acids is 1. The van der Waals surface area contributed by atoms with Crippen molar-refractivity contribution in [2.75, 3.05) is 11.1 Å². The molecule has 0 fully saturated rings. The van der Waals surface area contributed by atoms with Crippen molar-refractivity contribution in [3.63, 3.8) is 0 Å². The van der Waals surface area contributed by atoms with E-state index in [1.807, 2.05) is 47.9 Å². The molecule has 0 aliphatic carbocycles. The van der Waals surface area contributed by atoms with E-state index in [4.69, 9.17) is 0 Å². The van der Waals surface area contributed by atoms with Gasteiger partial charge in [-0.05, 0) is 36.4 Å². The first-order chi connectivity index (χ1) is 13.0. The van der Waals surface area contributed by atoms with Crippen LogP contribution in [0.5, 0.6) is 0 Å². The summed E-state index contributed by atoms with van der Waals surface area (Å²) in [6.45, 7) is 3.94. The maximum atomic E-state index is 12.4.